The van der Waals surface area contributed by atoms with E-state index >= 15 is 0 Å². The maximum atomic E-state index is 9.04. The molecule has 0 radical (unpaired) electrons. The summed E-state index contributed by atoms with van der Waals surface area (Å²) in [6.07, 6.45) is 1.82. The summed E-state index contributed by atoms with van der Waals surface area (Å²) in [6.45, 7) is 4.89. The zero-order valence-electron chi connectivity index (χ0n) is 16.8. The number of rotatable bonds is 9. The van der Waals surface area contributed by atoms with Gasteiger partial charge in [-0.3, -0.25) is 9.88 Å². The Morgan fingerprint density at radius 1 is 1.00 bits per heavy atom. The Labute approximate surface area is 172 Å². The fourth-order valence-electron chi connectivity index (χ4n) is 3.14. The van der Waals surface area contributed by atoms with Crippen molar-refractivity contribution in [3.8, 4) is 17.6 Å². The first-order valence-electron chi connectivity index (χ1n) is 9.56. The van der Waals surface area contributed by atoms with E-state index in [0.29, 0.717) is 23.7 Å². The van der Waals surface area contributed by atoms with Crippen LogP contribution < -0.4 is 9.47 Å². The molecule has 0 aliphatic carbocycles. The summed E-state index contributed by atoms with van der Waals surface area (Å²) in [6, 6.07) is 21.8. The van der Waals surface area contributed by atoms with Crippen LogP contribution in [0.3, 0.4) is 0 Å². The molecule has 0 amide bonds. The van der Waals surface area contributed by atoms with Crippen LogP contribution in [-0.4, -0.2) is 30.1 Å². The summed E-state index contributed by atoms with van der Waals surface area (Å²) in [5.41, 5.74) is 4.08. The summed E-state index contributed by atoms with van der Waals surface area (Å²) in [7, 11) is 1.58. The number of nitriles is 1. The number of benzene rings is 2. The maximum absolute atomic E-state index is 9.04. The second-order valence-corrected chi connectivity index (χ2v) is 6.85. The summed E-state index contributed by atoms with van der Waals surface area (Å²) < 4.78 is 11.3. The molecule has 148 valence electrons. The molecule has 0 unspecified atom stereocenters. The zero-order valence-corrected chi connectivity index (χ0v) is 16.8. The predicted octanol–water partition coefficient (Wildman–Crippen LogP) is 4.35. The smallest absolute Gasteiger partial charge is 0.162 e. The van der Waals surface area contributed by atoms with Gasteiger partial charge >= 0.3 is 0 Å². The summed E-state index contributed by atoms with van der Waals surface area (Å²) in [4.78, 5) is 6.77. The van der Waals surface area contributed by atoms with Gasteiger partial charge in [-0.15, -0.1) is 0 Å². The molecule has 5 nitrogen and oxygen atoms in total. The maximum Gasteiger partial charge on any atom is 0.162 e. The third-order valence-corrected chi connectivity index (χ3v) is 4.56. The van der Waals surface area contributed by atoms with Crippen LogP contribution in [0.1, 0.15) is 22.4 Å². The average molecular weight is 387 g/mol. The number of aromatic nitrogens is 1. The number of nitrogens with zero attached hydrogens (tertiary/aromatic N) is 3. The molecule has 1 heterocycles. The summed E-state index contributed by atoms with van der Waals surface area (Å²) in [5.74, 6) is 1.21. The third kappa shape index (κ3) is 6.06. The quantitative estimate of drug-likeness (QED) is 0.546. The van der Waals surface area contributed by atoms with E-state index in [1.54, 1.807) is 25.3 Å². The highest BCUT2D eigenvalue weighted by Crippen LogP contribution is 2.27. The first-order valence-corrected chi connectivity index (χ1v) is 9.56. The molecule has 0 atom stereocenters. The van der Waals surface area contributed by atoms with Crippen molar-refractivity contribution in [2.24, 2.45) is 0 Å². The van der Waals surface area contributed by atoms with Crippen LogP contribution in [0.2, 0.25) is 0 Å². The van der Waals surface area contributed by atoms with Crippen LogP contribution >= 0.6 is 0 Å². The molecule has 3 aromatic rings. The van der Waals surface area contributed by atoms with Gasteiger partial charge in [0.25, 0.3) is 0 Å². The molecule has 0 aliphatic heterocycles. The van der Waals surface area contributed by atoms with E-state index in [0.717, 1.165) is 25.3 Å². The average Bonchev–Trinajstić information content (AvgIpc) is 2.74. The lowest BCUT2D eigenvalue weighted by atomic mass is 10.1. The molecule has 29 heavy (non-hydrogen) atoms. The molecule has 1 aromatic heterocycles. The number of ether oxygens (including phenoxy) is 2. The molecule has 0 saturated carbocycles. The van der Waals surface area contributed by atoms with Gasteiger partial charge < -0.3 is 9.47 Å². The van der Waals surface area contributed by atoms with Crippen LogP contribution in [-0.2, 0) is 13.1 Å². The number of methoxy groups -OCH3 is 1. The molecular weight excluding hydrogens is 362 g/mol. The third-order valence-electron chi connectivity index (χ3n) is 4.56. The van der Waals surface area contributed by atoms with E-state index in [-0.39, 0.29) is 0 Å². The van der Waals surface area contributed by atoms with Crippen LogP contribution in [0, 0.1) is 18.3 Å². The summed E-state index contributed by atoms with van der Waals surface area (Å²) in [5, 5.41) is 9.04. The SMILES string of the molecule is COc1cc(C#N)ccc1OCCN(Cc1cccc(C)c1)Cc1ccccn1. The van der Waals surface area contributed by atoms with Crippen molar-refractivity contribution >= 4 is 0 Å². The molecular formula is C24H25N3O2. The topological polar surface area (TPSA) is 58.4 Å². The summed E-state index contributed by atoms with van der Waals surface area (Å²) >= 11 is 0. The van der Waals surface area contributed by atoms with Crippen molar-refractivity contribution in [3.05, 3.63) is 89.2 Å². The molecule has 0 bridgehead atoms. The standard InChI is InChI=1S/C24H25N3O2/c1-19-6-5-7-21(14-19)17-27(18-22-8-3-4-11-26-22)12-13-29-23-10-9-20(16-25)15-24(23)28-2/h3-11,14-15H,12-13,17-18H2,1-2H3. The van der Waals surface area contributed by atoms with Crippen LogP contribution in [0.5, 0.6) is 11.5 Å². The highest BCUT2D eigenvalue weighted by Gasteiger charge is 2.11. The number of aryl methyl sites for hydroxylation is 1. The van der Waals surface area contributed by atoms with Crippen LogP contribution in [0.4, 0.5) is 0 Å². The van der Waals surface area contributed by atoms with Crippen LogP contribution in [0.15, 0.2) is 66.9 Å². The van der Waals surface area contributed by atoms with E-state index < -0.39 is 0 Å². The normalized spacial score (nSPS) is 10.6. The number of hydrogen-bond donors (Lipinski definition) is 0. The Morgan fingerprint density at radius 2 is 1.90 bits per heavy atom. The van der Waals surface area contributed by atoms with Gasteiger partial charge in [-0.05, 0) is 36.8 Å². The Morgan fingerprint density at radius 3 is 2.62 bits per heavy atom. The van der Waals surface area contributed by atoms with Gasteiger partial charge in [0.1, 0.15) is 6.61 Å². The monoisotopic (exact) mass is 387 g/mol. The minimum Gasteiger partial charge on any atom is -0.493 e. The van der Waals surface area contributed by atoms with E-state index in [4.69, 9.17) is 14.7 Å². The largest absolute Gasteiger partial charge is 0.493 e. The van der Waals surface area contributed by atoms with E-state index in [1.807, 2.05) is 24.4 Å². The van der Waals surface area contributed by atoms with Crippen molar-refractivity contribution in [2.75, 3.05) is 20.3 Å². The Balaban J connectivity index is 1.67. The van der Waals surface area contributed by atoms with Gasteiger partial charge in [0.2, 0.25) is 0 Å². The van der Waals surface area contributed by atoms with Crippen molar-refractivity contribution in [1.29, 1.82) is 5.26 Å². The molecule has 5 heteroatoms. The lowest BCUT2D eigenvalue weighted by Gasteiger charge is -2.23. The molecule has 0 fully saturated rings. The van der Waals surface area contributed by atoms with Gasteiger partial charge in [0.15, 0.2) is 11.5 Å². The Kier molecular flexibility index (Phi) is 7.21. The first kappa shape index (κ1) is 20.4. The van der Waals surface area contributed by atoms with E-state index in [2.05, 4.69) is 47.1 Å². The van der Waals surface area contributed by atoms with Gasteiger partial charge in [0.05, 0.1) is 24.4 Å². The molecule has 2 aromatic carbocycles. The van der Waals surface area contributed by atoms with Crippen molar-refractivity contribution < 1.29 is 9.47 Å². The van der Waals surface area contributed by atoms with Gasteiger partial charge in [-0.2, -0.15) is 5.26 Å². The molecule has 0 saturated heterocycles. The molecule has 0 N–H and O–H groups in total. The molecule has 0 spiro atoms. The van der Waals surface area contributed by atoms with Crippen molar-refractivity contribution in [3.63, 3.8) is 0 Å². The lowest BCUT2D eigenvalue weighted by molar-refractivity contribution is 0.191. The van der Waals surface area contributed by atoms with E-state index in [9.17, 15) is 0 Å². The molecule has 3 rings (SSSR count). The number of pyridine rings is 1. The van der Waals surface area contributed by atoms with Crippen molar-refractivity contribution in [1.82, 2.24) is 9.88 Å². The van der Waals surface area contributed by atoms with Gasteiger partial charge in [-0.1, -0.05) is 35.9 Å². The Hall–Kier alpha value is -3.36. The molecule has 0 aliphatic rings. The second kappa shape index (κ2) is 10.3. The first-order chi connectivity index (χ1) is 14.2. The zero-order chi connectivity index (χ0) is 20.5. The van der Waals surface area contributed by atoms with Gasteiger partial charge in [-0.25, -0.2) is 0 Å². The van der Waals surface area contributed by atoms with Gasteiger partial charge in [0, 0.05) is 31.9 Å². The Bertz CT molecular complexity index is 967. The minimum atomic E-state index is 0.501. The lowest BCUT2D eigenvalue weighted by Crippen LogP contribution is -2.28. The van der Waals surface area contributed by atoms with E-state index in [1.165, 1.54) is 11.1 Å². The second-order valence-electron chi connectivity index (χ2n) is 6.85. The predicted molar refractivity (Wildman–Crippen MR) is 113 cm³/mol. The highest BCUT2D eigenvalue weighted by atomic mass is 16.5. The number of hydrogen-bond acceptors (Lipinski definition) is 5. The van der Waals surface area contributed by atoms with Crippen LogP contribution in [0.25, 0.3) is 0 Å². The fraction of sp³-hybridized carbons (Fsp3) is 0.250. The highest BCUT2D eigenvalue weighted by molar-refractivity contribution is 5.46. The fourth-order valence-corrected chi connectivity index (χ4v) is 3.14. The minimum absolute atomic E-state index is 0.501. The van der Waals surface area contributed by atoms with Crippen molar-refractivity contribution in [2.45, 2.75) is 20.0 Å².